The zero-order valence-corrected chi connectivity index (χ0v) is 13.0. The van der Waals surface area contributed by atoms with Crippen LogP contribution in [0.3, 0.4) is 0 Å². The Morgan fingerprint density at radius 3 is 2.19 bits per heavy atom. The zero-order valence-electron chi connectivity index (χ0n) is 13.0. The van der Waals surface area contributed by atoms with Crippen LogP contribution in [0.4, 0.5) is 0 Å². The summed E-state index contributed by atoms with van der Waals surface area (Å²) in [4.78, 5) is 23.8. The molecule has 0 aliphatic rings. The van der Waals surface area contributed by atoms with Crippen LogP contribution in [-0.4, -0.2) is 10.4 Å². The molecule has 0 radical (unpaired) electrons. The highest BCUT2D eigenvalue weighted by Gasteiger charge is 2.12. The molecule has 1 aromatic carbocycles. The van der Waals surface area contributed by atoms with Crippen molar-refractivity contribution in [1.29, 1.82) is 0 Å². The van der Waals surface area contributed by atoms with Crippen LogP contribution < -0.4 is 5.56 Å². The fourth-order valence-electron chi connectivity index (χ4n) is 2.45. The van der Waals surface area contributed by atoms with Gasteiger partial charge in [0.05, 0.1) is 11.3 Å². The summed E-state index contributed by atoms with van der Waals surface area (Å²) in [5, 5.41) is 0. The minimum atomic E-state index is -0.213. The lowest BCUT2D eigenvalue weighted by Gasteiger charge is -2.13. The molecule has 1 aromatic heterocycles. The minimum Gasteiger partial charge on any atom is -0.308 e. The fourth-order valence-corrected chi connectivity index (χ4v) is 2.45. The van der Waals surface area contributed by atoms with Gasteiger partial charge >= 0.3 is 0 Å². The largest absolute Gasteiger partial charge is 0.308 e. The van der Waals surface area contributed by atoms with Gasteiger partial charge < -0.3 is 4.57 Å². The summed E-state index contributed by atoms with van der Waals surface area (Å²) in [6, 6.07) is 11.7. The van der Waals surface area contributed by atoms with Gasteiger partial charge in [0.2, 0.25) is 0 Å². The summed E-state index contributed by atoms with van der Waals surface area (Å²) in [7, 11) is 0. The maximum atomic E-state index is 12.4. The first-order valence-corrected chi connectivity index (χ1v) is 7.30. The lowest BCUT2D eigenvalue weighted by Crippen LogP contribution is -2.26. The van der Waals surface area contributed by atoms with E-state index in [1.807, 2.05) is 25.1 Å². The number of ketones is 1. The van der Waals surface area contributed by atoms with Crippen molar-refractivity contribution in [3.05, 3.63) is 57.9 Å². The predicted molar refractivity (Wildman–Crippen MR) is 85.9 cm³/mol. The Labute approximate surface area is 125 Å². The number of carbonyl (C=O) groups is 1. The average molecular weight is 283 g/mol. The van der Waals surface area contributed by atoms with Gasteiger partial charge in [-0.25, -0.2) is 0 Å². The van der Waals surface area contributed by atoms with Crippen molar-refractivity contribution >= 4 is 5.78 Å². The number of aromatic nitrogens is 1. The van der Waals surface area contributed by atoms with E-state index in [1.165, 1.54) is 12.5 Å². The SMILES string of the molecule is CCn1c(-c2ccc(C(C)C)cc2)ccc(C(C)=O)c1=O. The smallest absolute Gasteiger partial charge is 0.261 e. The molecule has 110 valence electrons. The highest BCUT2D eigenvalue weighted by atomic mass is 16.1. The van der Waals surface area contributed by atoms with Gasteiger partial charge in [0.1, 0.15) is 0 Å². The molecule has 0 aliphatic carbocycles. The van der Waals surface area contributed by atoms with Crippen LogP contribution in [-0.2, 0) is 6.54 Å². The van der Waals surface area contributed by atoms with E-state index in [-0.39, 0.29) is 16.9 Å². The number of rotatable bonds is 4. The zero-order chi connectivity index (χ0) is 15.6. The average Bonchev–Trinajstić information content (AvgIpc) is 2.46. The van der Waals surface area contributed by atoms with Crippen molar-refractivity contribution in [1.82, 2.24) is 4.57 Å². The molecular formula is C18H21NO2. The number of hydrogen-bond acceptors (Lipinski definition) is 2. The molecule has 0 atom stereocenters. The van der Waals surface area contributed by atoms with Crippen LogP contribution in [0.25, 0.3) is 11.3 Å². The second-order valence-electron chi connectivity index (χ2n) is 5.51. The molecule has 21 heavy (non-hydrogen) atoms. The summed E-state index contributed by atoms with van der Waals surface area (Å²) in [5.74, 6) is 0.288. The van der Waals surface area contributed by atoms with Crippen LogP contribution >= 0.6 is 0 Å². The molecule has 2 rings (SSSR count). The lowest BCUT2D eigenvalue weighted by molar-refractivity contribution is 0.101. The van der Waals surface area contributed by atoms with Crippen LogP contribution in [0.15, 0.2) is 41.2 Å². The second kappa shape index (κ2) is 6.08. The summed E-state index contributed by atoms with van der Waals surface area (Å²) in [6.45, 7) is 8.18. The third-order valence-electron chi connectivity index (χ3n) is 3.74. The maximum absolute atomic E-state index is 12.4. The molecule has 0 spiro atoms. The molecule has 0 unspecified atom stereocenters. The summed E-state index contributed by atoms with van der Waals surface area (Å²) in [6.07, 6.45) is 0. The van der Waals surface area contributed by atoms with Gasteiger partial charge in [-0.05, 0) is 43.0 Å². The van der Waals surface area contributed by atoms with E-state index >= 15 is 0 Å². The standard InChI is InChI=1S/C18H21NO2/c1-5-19-17(11-10-16(13(4)20)18(19)21)15-8-6-14(7-9-15)12(2)3/h6-12H,5H2,1-4H3. The van der Waals surface area contributed by atoms with Crippen LogP contribution in [0.5, 0.6) is 0 Å². The van der Waals surface area contributed by atoms with E-state index in [0.29, 0.717) is 12.5 Å². The van der Waals surface area contributed by atoms with Crippen molar-refractivity contribution in [3.63, 3.8) is 0 Å². The number of Topliss-reactive ketones (excluding diaryl/α,β-unsaturated/α-hetero) is 1. The minimum absolute atomic E-state index is 0.191. The Morgan fingerprint density at radius 1 is 1.10 bits per heavy atom. The van der Waals surface area contributed by atoms with Crippen LogP contribution in [0.1, 0.15) is 49.5 Å². The second-order valence-corrected chi connectivity index (χ2v) is 5.51. The molecular weight excluding hydrogens is 262 g/mol. The number of hydrogen-bond donors (Lipinski definition) is 0. The van der Waals surface area contributed by atoms with Gasteiger partial charge in [-0.3, -0.25) is 9.59 Å². The van der Waals surface area contributed by atoms with E-state index in [1.54, 1.807) is 10.6 Å². The molecule has 0 amide bonds. The summed E-state index contributed by atoms with van der Waals surface area (Å²) >= 11 is 0. The summed E-state index contributed by atoms with van der Waals surface area (Å²) in [5.41, 5.74) is 3.15. The first kappa shape index (κ1) is 15.2. The topological polar surface area (TPSA) is 39.1 Å². The number of carbonyl (C=O) groups excluding carboxylic acids is 1. The Kier molecular flexibility index (Phi) is 4.41. The van der Waals surface area contributed by atoms with E-state index in [9.17, 15) is 9.59 Å². The molecule has 0 bridgehead atoms. The molecule has 3 heteroatoms. The quantitative estimate of drug-likeness (QED) is 0.799. The third kappa shape index (κ3) is 2.97. The lowest BCUT2D eigenvalue weighted by atomic mass is 10.00. The maximum Gasteiger partial charge on any atom is 0.261 e. The Hall–Kier alpha value is -2.16. The van der Waals surface area contributed by atoms with Gasteiger partial charge in [0, 0.05) is 6.54 Å². The predicted octanol–water partition coefficient (Wildman–Crippen LogP) is 3.86. The van der Waals surface area contributed by atoms with Crippen molar-refractivity contribution in [2.45, 2.75) is 40.2 Å². The van der Waals surface area contributed by atoms with Crippen molar-refractivity contribution in [3.8, 4) is 11.3 Å². The van der Waals surface area contributed by atoms with E-state index < -0.39 is 0 Å². The van der Waals surface area contributed by atoms with E-state index in [4.69, 9.17) is 0 Å². The van der Waals surface area contributed by atoms with Gasteiger partial charge in [0.25, 0.3) is 5.56 Å². The fraction of sp³-hybridized carbons (Fsp3) is 0.333. The Bertz CT molecular complexity index is 709. The molecule has 1 heterocycles. The molecule has 0 fully saturated rings. The van der Waals surface area contributed by atoms with Gasteiger partial charge in [0.15, 0.2) is 5.78 Å². The normalized spacial score (nSPS) is 10.9. The third-order valence-corrected chi connectivity index (χ3v) is 3.74. The van der Waals surface area contributed by atoms with Gasteiger partial charge in [-0.2, -0.15) is 0 Å². The molecule has 0 saturated heterocycles. The monoisotopic (exact) mass is 283 g/mol. The Morgan fingerprint density at radius 2 is 1.71 bits per heavy atom. The number of benzene rings is 1. The highest BCUT2D eigenvalue weighted by molar-refractivity contribution is 5.94. The Balaban J connectivity index is 2.56. The molecule has 3 nitrogen and oxygen atoms in total. The van der Waals surface area contributed by atoms with Crippen molar-refractivity contribution in [2.75, 3.05) is 0 Å². The summed E-state index contributed by atoms with van der Waals surface area (Å²) < 4.78 is 1.65. The number of pyridine rings is 1. The highest BCUT2D eigenvalue weighted by Crippen LogP contribution is 2.22. The number of nitrogens with zero attached hydrogens (tertiary/aromatic N) is 1. The van der Waals surface area contributed by atoms with Crippen molar-refractivity contribution < 1.29 is 4.79 Å². The molecule has 0 N–H and O–H groups in total. The molecule has 0 aliphatic heterocycles. The molecule has 2 aromatic rings. The molecule has 0 saturated carbocycles. The van der Waals surface area contributed by atoms with Crippen LogP contribution in [0, 0.1) is 0 Å². The van der Waals surface area contributed by atoms with E-state index in [0.717, 1.165) is 11.3 Å². The van der Waals surface area contributed by atoms with Gasteiger partial charge in [-0.1, -0.05) is 38.1 Å². The van der Waals surface area contributed by atoms with E-state index in [2.05, 4.69) is 26.0 Å². The van der Waals surface area contributed by atoms with Crippen molar-refractivity contribution in [2.24, 2.45) is 0 Å². The van der Waals surface area contributed by atoms with Gasteiger partial charge in [-0.15, -0.1) is 0 Å². The first-order chi connectivity index (χ1) is 9.95. The van der Waals surface area contributed by atoms with Crippen LogP contribution in [0.2, 0.25) is 0 Å². The first-order valence-electron chi connectivity index (χ1n) is 7.30.